The molecular formula is C14H24N2. The highest BCUT2D eigenvalue weighted by molar-refractivity contribution is 5.53. The monoisotopic (exact) mass is 220 g/mol. The highest BCUT2D eigenvalue weighted by Crippen LogP contribution is 2.26. The van der Waals surface area contributed by atoms with Crippen LogP contribution in [0, 0.1) is 6.92 Å². The third kappa shape index (κ3) is 3.53. The summed E-state index contributed by atoms with van der Waals surface area (Å²) in [7, 11) is 1.97. The van der Waals surface area contributed by atoms with Gasteiger partial charge in [0.05, 0.1) is 0 Å². The molecule has 0 heterocycles. The first-order valence-electron chi connectivity index (χ1n) is 5.95. The Kier molecular flexibility index (Phi) is 4.36. The molecule has 0 aromatic heterocycles. The van der Waals surface area contributed by atoms with E-state index in [9.17, 15) is 0 Å². The van der Waals surface area contributed by atoms with Crippen molar-refractivity contribution in [3.8, 4) is 0 Å². The molecule has 0 radical (unpaired) electrons. The Hall–Kier alpha value is -1.02. The fourth-order valence-corrected chi connectivity index (χ4v) is 1.60. The van der Waals surface area contributed by atoms with Crippen LogP contribution in [0.5, 0.6) is 0 Å². The molecular weight excluding hydrogens is 196 g/mol. The zero-order chi connectivity index (χ0) is 12.2. The molecule has 0 aliphatic rings. The van der Waals surface area contributed by atoms with Crippen LogP contribution in [-0.2, 0) is 5.41 Å². The Morgan fingerprint density at radius 3 is 2.38 bits per heavy atom. The van der Waals surface area contributed by atoms with Crippen molar-refractivity contribution < 1.29 is 0 Å². The summed E-state index contributed by atoms with van der Waals surface area (Å²) in [6.45, 7) is 10.8. The summed E-state index contributed by atoms with van der Waals surface area (Å²) in [6.07, 6.45) is 0. The molecule has 16 heavy (non-hydrogen) atoms. The first-order chi connectivity index (χ1) is 7.45. The number of hydrogen-bond acceptors (Lipinski definition) is 2. The van der Waals surface area contributed by atoms with Gasteiger partial charge in [-0.1, -0.05) is 32.9 Å². The Morgan fingerprint density at radius 1 is 1.12 bits per heavy atom. The highest BCUT2D eigenvalue weighted by atomic mass is 14.9. The molecule has 0 amide bonds. The maximum absolute atomic E-state index is 3.46. The van der Waals surface area contributed by atoms with Gasteiger partial charge >= 0.3 is 0 Å². The molecule has 90 valence electrons. The Labute approximate surface area is 99.5 Å². The molecule has 0 bridgehead atoms. The molecule has 0 aliphatic heterocycles. The van der Waals surface area contributed by atoms with Crippen molar-refractivity contribution >= 4 is 5.69 Å². The Morgan fingerprint density at radius 2 is 1.81 bits per heavy atom. The zero-order valence-electron chi connectivity index (χ0n) is 11.1. The van der Waals surface area contributed by atoms with E-state index in [1.54, 1.807) is 0 Å². The Balaban J connectivity index is 2.83. The van der Waals surface area contributed by atoms with Crippen molar-refractivity contribution in [2.75, 3.05) is 25.5 Å². The third-order valence-corrected chi connectivity index (χ3v) is 2.79. The van der Waals surface area contributed by atoms with Crippen LogP contribution in [0.15, 0.2) is 18.2 Å². The lowest BCUT2D eigenvalue weighted by atomic mass is 9.86. The summed E-state index contributed by atoms with van der Waals surface area (Å²) in [5.74, 6) is 0. The van der Waals surface area contributed by atoms with E-state index in [0.29, 0.717) is 0 Å². The maximum Gasteiger partial charge on any atom is 0.0373 e. The van der Waals surface area contributed by atoms with Gasteiger partial charge in [0.1, 0.15) is 0 Å². The van der Waals surface area contributed by atoms with Crippen LogP contribution in [0.2, 0.25) is 0 Å². The summed E-state index contributed by atoms with van der Waals surface area (Å²) in [6, 6.07) is 6.69. The molecule has 1 aromatic rings. The second-order valence-electron chi connectivity index (χ2n) is 5.31. The first-order valence-corrected chi connectivity index (χ1v) is 5.95. The minimum absolute atomic E-state index is 0.215. The summed E-state index contributed by atoms with van der Waals surface area (Å²) in [5, 5.41) is 6.60. The average Bonchev–Trinajstić information content (AvgIpc) is 2.19. The number of likely N-dealkylation sites (N-methyl/N-ethyl adjacent to an activating group) is 1. The summed E-state index contributed by atoms with van der Waals surface area (Å²) >= 11 is 0. The van der Waals surface area contributed by atoms with Crippen molar-refractivity contribution in [1.82, 2.24) is 5.32 Å². The Bertz CT molecular complexity index is 337. The number of nitrogens with one attached hydrogen (secondary N) is 2. The zero-order valence-corrected chi connectivity index (χ0v) is 11.1. The van der Waals surface area contributed by atoms with Gasteiger partial charge in [-0.15, -0.1) is 0 Å². The van der Waals surface area contributed by atoms with E-state index in [1.165, 1.54) is 16.8 Å². The van der Waals surface area contributed by atoms with Crippen LogP contribution in [-0.4, -0.2) is 20.1 Å². The van der Waals surface area contributed by atoms with Crippen LogP contribution in [0.3, 0.4) is 0 Å². The van der Waals surface area contributed by atoms with Gasteiger partial charge in [-0.3, -0.25) is 0 Å². The highest BCUT2D eigenvalue weighted by Gasteiger charge is 2.14. The topological polar surface area (TPSA) is 24.1 Å². The lowest BCUT2D eigenvalue weighted by molar-refractivity contribution is 0.590. The van der Waals surface area contributed by atoms with E-state index in [0.717, 1.165) is 13.1 Å². The molecule has 0 aliphatic carbocycles. The quantitative estimate of drug-likeness (QED) is 0.762. The normalized spacial score (nSPS) is 11.6. The molecule has 0 saturated carbocycles. The van der Waals surface area contributed by atoms with Gasteiger partial charge < -0.3 is 10.6 Å². The van der Waals surface area contributed by atoms with Gasteiger partial charge in [-0.05, 0) is 36.6 Å². The maximum atomic E-state index is 3.46. The van der Waals surface area contributed by atoms with Gasteiger partial charge in [0, 0.05) is 18.8 Å². The van der Waals surface area contributed by atoms with Crippen molar-refractivity contribution in [2.24, 2.45) is 0 Å². The van der Waals surface area contributed by atoms with Gasteiger partial charge in [0.25, 0.3) is 0 Å². The van der Waals surface area contributed by atoms with Gasteiger partial charge in [0.2, 0.25) is 0 Å². The minimum atomic E-state index is 0.215. The molecule has 0 atom stereocenters. The van der Waals surface area contributed by atoms with E-state index in [-0.39, 0.29) is 5.41 Å². The summed E-state index contributed by atoms with van der Waals surface area (Å²) < 4.78 is 0. The summed E-state index contributed by atoms with van der Waals surface area (Å²) in [5.41, 5.74) is 4.16. The van der Waals surface area contributed by atoms with Crippen LogP contribution in [0.1, 0.15) is 31.9 Å². The predicted molar refractivity (Wildman–Crippen MR) is 72.3 cm³/mol. The minimum Gasteiger partial charge on any atom is -0.384 e. The van der Waals surface area contributed by atoms with E-state index in [4.69, 9.17) is 0 Å². The number of rotatable bonds is 4. The number of aryl methyl sites for hydroxylation is 1. The fourth-order valence-electron chi connectivity index (χ4n) is 1.60. The number of benzene rings is 1. The number of hydrogen-bond donors (Lipinski definition) is 2. The molecule has 2 N–H and O–H groups in total. The van der Waals surface area contributed by atoms with Crippen molar-refractivity contribution in [3.05, 3.63) is 29.3 Å². The molecule has 2 nitrogen and oxygen atoms in total. The standard InChI is InChI=1S/C14H24N2/c1-11-6-7-12(14(2,3)4)10-13(11)16-9-8-15-5/h6-7,10,15-16H,8-9H2,1-5H3. The van der Waals surface area contributed by atoms with Crippen LogP contribution in [0.25, 0.3) is 0 Å². The fraction of sp³-hybridized carbons (Fsp3) is 0.571. The summed E-state index contributed by atoms with van der Waals surface area (Å²) in [4.78, 5) is 0. The van der Waals surface area contributed by atoms with Crippen molar-refractivity contribution in [3.63, 3.8) is 0 Å². The van der Waals surface area contributed by atoms with Crippen molar-refractivity contribution in [1.29, 1.82) is 0 Å². The van der Waals surface area contributed by atoms with Crippen LogP contribution < -0.4 is 10.6 Å². The smallest absolute Gasteiger partial charge is 0.0373 e. The van der Waals surface area contributed by atoms with Gasteiger partial charge in [-0.25, -0.2) is 0 Å². The third-order valence-electron chi connectivity index (χ3n) is 2.79. The van der Waals surface area contributed by atoms with Gasteiger partial charge in [0.15, 0.2) is 0 Å². The predicted octanol–water partition coefficient (Wildman–Crippen LogP) is 2.92. The number of anilines is 1. The molecule has 0 saturated heterocycles. The van der Waals surface area contributed by atoms with E-state index in [1.807, 2.05) is 7.05 Å². The molecule has 1 rings (SSSR count). The van der Waals surface area contributed by atoms with Gasteiger partial charge in [-0.2, -0.15) is 0 Å². The molecule has 0 spiro atoms. The second-order valence-corrected chi connectivity index (χ2v) is 5.31. The molecule has 2 heteroatoms. The lowest BCUT2D eigenvalue weighted by Gasteiger charge is -2.21. The molecule has 0 unspecified atom stereocenters. The first kappa shape index (κ1) is 13.0. The van der Waals surface area contributed by atoms with Crippen molar-refractivity contribution in [2.45, 2.75) is 33.1 Å². The van der Waals surface area contributed by atoms with E-state index in [2.05, 4.69) is 56.5 Å². The SMILES string of the molecule is CNCCNc1cc(C(C)(C)C)ccc1C. The second kappa shape index (κ2) is 5.35. The largest absolute Gasteiger partial charge is 0.384 e. The van der Waals surface area contributed by atoms with E-state index >= 15 is 0 Å². The average molecular weight is 220 g/mol. The van der Waals surface area contributed by atoms with Crippen LogP contribution >= 0.6 is 0 Å². The lowest BCUT2D eigenvalue weighted by Crippen LogP contribution is -2.18. The van der Waals surface area contributed by atoms with E-state index < -0.39 is 0 Å². The molecule has 0 fully saturated rings. The molecule has 1 aromatic carbocycles. The van der Waals surface area contributed by atoms with Crippen LogP contribution in [0.4, 0.5) is 5.69 Å².